The van der Waals surface area contributed by atoms with E-state index in [-0.39, 0.29) is 18.1 Å². The van der Waals surface area contributed by atoms with Gasteiger partial charge in [-0.1, -0.05) is 18.2 Å². The van der Waals surface area contributed by atoms with Crippen LogP contribution in [0.5, 0.6) is 0 Å². The average molecular weight is 290 g/mol. The van der Waals surface area contributed by atoms with Gasteiger partial charge in [-0.3, -0.25) is 9.69 Å². The van der Waals surface area contributed by atoms with Gasteiger partial charge in [-0.2, -0.15) is 0 Å². The van der Waals surface area contributed by atoms with Crippen LogP contribution in [0, 0.1) is 13.8 Å². The molecule has 0 aromatic heterocycles. The number of amides is 1. The fraction of sp³-hybridized carbons (Fsp3) is 0.588. The van der Waals surface area contributed by atoms with Crippen molar-refractivity contribution in [2.75, 3.05) is 25.0 Å². The Labute approximate surface area is 127 Å². The second kappa shape index (κ2) is 7.05. The molecule has 1 fully saturated rings. The fourth-order valence-electron chi connectivity index (χ4n) is 2.94. The zero-order chi connectivity index (χ0) is 15.4. The van der Waals surface area contributed by atoms with Crippen LogP contribution in [-0.2, 0) is 9.53 Å². The molecular formula is C17H26N2O2. The predicted octanol–water partition coefficient (Wildman–Crippen LogP) is 2.74. The maximum Gasteiger partial charge on any atom is 0.225 e. The first-order valence-corrected chi connectivity index (χ1v) is 7.69. The number of nitrogens with one attached hydrogen (secondary N) is 1. The number of nitrogens with zero attached hydrogens (tertiary/aromatic N) is 1. The van der Waals surface area contributed by atoms with Crippen molar-refractivity contribution in [1.29, 1.82) is 0 Å². The zero-order valence-corrected chi connectivity index (χ0v) is 13.5. The average Bonchev–Trinajstić information content (AvgIpc) is 2.40. The lowest BCUT2D eigenvalue weighted by Crippen LogP contribution is -2.46. The molecule has 2 atom stereocenters. The van der Waals surface area contributed by atoms with E-state index in [1.165, 1.54) is 0 Å². The van der Waals surface area contributed by atoms with E-state index in [4.69, 9.17) is 4.74 Å². The summed E-state index contributed by atoms with van der Waals surface area (Å²) >= 11 is 0. The molecule has 1 aromatic rings. The summed E-state index contributed by atoms with van der Waals surface area (Å²) in [6, 6.07) is 6.05. The molecule has 4 heteroatoms. The molecule has 0 bridgehead atoms. The Kier molecular flexibility index (Phi) is 5.37. The van der Waals surface area contributed by atoms with E-state index in [1.54, 1.807) is 0 Å². The predicted molar refractivity (Wildman–Crippen MR) is 85.6 cm³/mol. The van der Waals surface area contributed by atoms with Gasteiger partial charge in [0.2, 0.25) is 5.91 Å². The number of carbonyl (C=O) groups excluding carboxylic acids is 1. The highest BCUT2D eigenvalue weighted by molar-refractivity contribution is 5.92. The summed E-state index contributed by atoms with van der Waals surface area (Å²) in [4.78, 5) is 14.5. The lowest BCUT2D eigenvalue weighted by Gasteiger charge is -2.35. The van der Waals surface area contributed by atoms with Gasteiger partial charge in [0.15, 0.2) is 0 Å². The number of rotatable bonds is 4. The van der Waals surface area contributed by atoms with Gasteiger partial charge < -0.3 is 10.1 Å². The molecule has 1 N–H and O–H groups in total. The molecule has 21 heavy (non-hydrogen) atoms. The van der Waals surface area contributed by atoms with Gasteiger partial charge in [-0.05, 0) is 38.8 Å². The highest BCUT2D eigenvalue weighted by Gasteiger charge is 2.22. The Morgan fingerprint density at radius 3 is 2.38 bits per heavy atom. The van der Waals surface area contributed by atoms with E-state index < -0.39 is 0 Å². The molecule has 1 aromatic carbocycles. The monoisotopic (exact) mass is 290 g/mol. The van der Waals surface area contributed by atoms with Crippen LogP contribution in [0.25, 0.3) is 0 Å². The topological polar surface area (TPSA) is 41.6 Å². The van der Waals surface area contributed by atoms with Gasteiger partial charge in [0.25, 0.3) is 0 Å². The minimum atomic E-state index is 0.0826. The number of morpholine rings is 1. The molecule has 2 rings (SSSR count). The standard InChI is InChI=1S/C17H26N2O2/c1-12-6-5-7-13(2)17(12)18-16(20)8-9-19-10-14(3)21-15(4)11-19/h5-7,14-15H,8-11H2,1-4H3,(H,18,20)/t14-,15-/m1/s1. The molecule has 116 valence electrons. The first kappa shape index (κ1) is 16.0. The molecule has 0 unspecified atom stereocenters. The first-order chi connectivity index (χ1) is 9.95. The van der Waals surface area contributed by atoms with Crippen molar-refractivity contribution in [2.24, 2.45) is 0 Å². The van der Waals surface area contributed by atoms with Crippen molar-refractivity contribution >= 4 is 11.6 Å². The third kappa shape index (κ3) is 4.55. The van der Waals surface area contributed by atoms with Gasteiger partial charge in [0.1, 0.15) is 0 Å². The van der Waals surface area contributed by atoms with E-state index >= 15 is 0 Å². The Morgan fingerprint density at radius 2 is 1.81 bits per heavy atom. The Morgan fingerprint density at radius 1 is 1.24 bits per heavy atom. The van der Waals surface area contributed by atoms with Crippen molar-refractivity contribution in [3.05, 3.63) is 29.3 Å². The van der Waals surface area contributed by atoms with Gasteiger partial charge >= 0.3 is 0 Å². The van der Waals surface area contributed by atoms with Gasteiger partial charge in [0.05, 0.1) is 12.2 Å². The van der Waals surface area contributed by atoms with Crippen LogP contribution in [0.3, 0.4) is 0 Å². The molecule has 1 aliphatic heterocycles. The molecule has 4 nitrogen and oxygen atoms in total. The Hall–Kier alpha value is -1.39. The van der Waals surface area contributed by atoms with Crippen molar-refractivity contribution in [1.82, 2.24) is 4.90 Å². The molecule has 0 radical (unpaired) electrons. The molecule has 1 aliphatic rings. The molecule has 1 saturated heterocycles. The maximum absolute atomic E-state index is 12.2. The summed E-state index contributed by atoms with van der Waals surface area (Å²) in [7, 11) is 0. The van der Waals surface area contributed by atoms with Gasteiger partial charge in [-0.25, -0.2) is 0 Å². The summed E-state index contributed by atoms with van der Waals surface area (Å²) in [6.45, 7) is 10.8. The molecule has 0 spiro atoms. The van der Waals surface area contributed by atoms with E-state index in [2.05, 4.69) is 24.1 Å². The smallest absolute Gasteiger partial charge is 0.225 e. The minimum absolute atomic E-state index is 0.0826. The summed E-state index contributed by atoms with van der Waals surface area (Å²) in [5.41, 5.74) is 3.17. The number of hydrogen-bond donors (Lipinski definition) is 1. The van der Waals surface area contributed by atoms with Crippen molar-refractivity contribution in [3.8, 4) is 0 Å². The van der Waals surface area contributed by atoms with Gasteiger partial charge in [-0.15, -0.1) is 0 Å². The van der Waals surface area contributed by atoms with Crippen LogP contribution in [-0.4, -0.2) is 42.6 Å². The number of carbonyl (C=O) groups is 1. The number of ether oxygens (including phenoxy) is 1. The third-order valence-corrected chi connectivity index (χ3v) is 3.90. The van der Waals surface area contributed by atoms with Crippen LogP contribution < -0.4 is 5.32 Å². The highest BCUT2D eigenvalue weighted by atomic mass is 16.5. The lowest BCUT2D eigenvalue weighted by atomic mass is 10.1. The van der Waals surface area contributed by atoms with E-state index in [1.807, 2.05) is 32.0 Å². The largest absolute Gasteiger partial charge is 0.373 e. The number of hydrogen-bond acceptors (Lipinski definition) is 3. The summed E-state index contributed by atoms with van der Waals surface area (Å²) in [5.74, 6) is 0.0826. The van der Waals surface area contributed by atoms with Crippen molar-refractivity contribution in [2.45, 2.75) is 46.3 Å². The third-order valence-electron chi connectivity index (χ3n) is 3.90. The SMILES string of the molecule is Cc1cccc(C)c1NC(=O)CCN1C[C@@H](C)O[C@H](C)C1. The highest BCUT2D eigenvalue weighted by Crippen LogP contribution is 2.19. The van der Waals surface area contributed by atoms with Crippen molar-refractivity contribution in [3.63, 3.8) is 0 Å². The van der Waals surface area contributed by atoms with E-state index in [0.717, 1.165) is 36.4 Å². The van der Waals surface area contributed by atoms with E-state index in [0.29, 0.717) is 6.42 Å². The summed E-state index contributed by atoms with van der Waals surface area (Å²) in [6.07, 6.45) is 1.01. The lowest BCUT2D eigenvalue weighted by molar-refractivity contribution is -0.117. The normalized spacial score (nSPS) is 23.0. The minimum Gasteiger partial charge on any atom is -0.373 e. The molecule has 1 amide bonds. The summed E-state index contributed by atoms with van der Waals surface area (Å²) < 4.78 is 5.71. The number of benzene rings is 1. The van der Waals surface area contributed by atoms with Crippen LogP contribution in [0.15, 0.2) is 18.2 Å². The van der Waals surface area contributed by atoms with Crippen LogP contribution in [0.2, 0.25) is 0 Å². The second-order valence-electron chi connectivity index (χ2n) is 6.08. The maximum atomic E-state index is 12.2. The second-order valence-corrected chi connectivity index (χ2v) is 6.08. The van der Waals surface area contributed by atoms with Gasteiger partial charge in [0, 0.05) is 31.7 Å². The first-order valence-electron chi connectivity index (χ1n) is 7.69. The quantitative estimate of drug-likeness (QED) is 0.927. The van der Waals surface area contributed by atoms with Crippen LogP contribution in [0.1, 0.15) is 31.4 Å². The van der Waals surface area contributed by atoms with Crippen molar-refractivity contribution < 1.29 is 9.53 Å². The number of para-hydroxylation sites is 1. The molecular weight excluding hydrogens is 264 g/mol. The number of aryl methyl sites for hydroxylation is 2. The Balaban J connectivity index is 1.85. The number of anilines is 1. The molecule has 0 saturated carbocycles. The van der Waals surface area contributed by atoms with E-state index in [9.17, 15) is 4.79 Å². The zero-order valence-electron chi connectivity index (χ0n) is 13.5. The molecule has 0 aliphatic carbocycles. The fourth-order valence-corrected chi connectivity index (χ4v) is 2.94. The van der Waals surface area contributed by atoms with Crippen LogP contribution in [0.4, 0.5) is 5.69 Å². The Bertz CT molecular complexity index is 471. The molecule has 1 heterocycles. The summed E-state index contributed by atoms with van der Waals surface area (Å²) in [5, 5.41) is 3.04. The van der Waals surface area contributed by atoms with Crippen LogP contribution >= 0.6 is 0 Å².